The lowest BCUT2D eigenvalue weighted by Crippen LogP contribution is -2.33. The summed E-state index contributed by atoms with van der Waals surface area (Å²) in [6.45, 7) is 0.228. The number of nitrogens with zero attached hydrogens (tertiary/aromatic N) is 1. The summed E-state index contributed by atoms with van der Waals surface area (Å²) in [5.74, 6) is 0. The predicted octanol–water partition coefficient (Wildman–Crippen LogP) is 1.75. The molecular weight excluding hydrogens is 274 g/mol. The van der Waals surface area contributed by atoms with Crippen molar-refractivity contribution in [2.75, 3.05) is 11.9 Å². The third-order valence-electron chi connectivity index (χ3n) is 3.94. The molecule has 5 nitrogen and oxygen atoms in total. The minimum atomic E-state index is -3.63. The maximum Gasteiger partial charge on any atom is 0.274 e. The second kappa shape index (κ2) is 6.56. The number of benzene rings is 1. The van der Waals surface area contributed by atoms with Crippen LogP contribution in [-0.2, 0) is 16.8 Å². The molecule has 0 aliphatic heterocycles. The van der Waals surface area contributed by atoms with Gasteiger partial charge in [-0.2, -0.15) is 13.1 Å². The largest absolute Gasteiger partial charge is 0.372 e. The molecule has 0 spiro atoms. The molecule has 20 heavy (non-hydrogen) atoms. The number of anilines is 1. The Morgan fingerprint density at radius 1 is 1.20 bits per heavy atom. The topological polar surface area (TPSA) is 75.4 Å². The number of nitrogens with one attached hydrogen (secondary N) is 1. The Morgan fingerprint density at radius 2 is 1.80 bits per heavy atom. The Bertz CT molecular complexity index is 522. The highest BCUT2D eigenvalue weighted by atomic mass is 32.2. The van der Waals surface area contributed by atoms with E-state index in [1.165, 1.54) is 37.8 Å². The number of nitrogens with two attached hydrogens (primary N) is 1. The van der Waals surface area contributed by atoms with Crippen LogP contribution in [0.5, 0.6) is 0 Å². The van der Waals surface area contributed by atoms with Crippen molar-refractivity contribution in [3.05, 3.63) is 29.8 Å². The lowest BCUT2D eigenvalue weighted by molar-refractivity contribution is 0.427. The van der Waals surface area contributed by atoms with Gasteiger partial charge in [-0.15, -0.1) is 0 Å². The SMILES string of the molecule is CN(c1ccc(CNS(N)(=O)=O)cc1)C1CCCCC1. The van der Waals surface area contributed by atoms with Crippen molar-refractivity contribution in [2.24, 2.45) is 5.14 Å². The van der Waals surface area contributed by atoms with E-state index >= 15 is 0 Å². The molecule has 0 unspecified atom stereocenters. The Labute approximate surface area is 121 Å². The molecule has 2 rings (SSSR count). The molecule has 1 aliphatic rings. The first kappa shape index (κ1) is 15.3. The highest BCUT2D eigenvalue weighted by molar-refractivity contribution is 7.87. The van der Waals surface area contributed by atoms with Crippen molar-refractivity contribution >= 4 is 15.9 Å². The van der Waals surface area contributed by atoms with Crippen molar-refractivity contribution in [3.8, 4) is 0 Å². The fourth-order valence-electron chi connectivity index (χ4n) is 2.71. The van der Waals surface area contributed by atoms with Gasteiger partial charge >= 0.3 is 0 Å². The Balaban J connectivity index is 1.96. The van der Waals surface area contributed by atoms with Crippen molar-refractivity contribution in [2.45, 2.75) is 44.7 Å². The first-order valence-electron chi connectivity index (χ1n) is 7.05. The molecule has 0 radical (unpaired) electrons. The van der Waals surface area contributed by atoms with E-state index in [4.69, 9.17) is 5.14 Å². The number of rotatable bonds is 5. The fourth-order valence-corrected chi connectivity index (χ4v) is 3.08. The molecule has 6 heteroatoms. The second-order valence-corrected chi connectivity index (χ2v) is 6.81. The molecule has 0 atom stereocenters. The average Bonchev–Trinajstić information content (AvgIpc) is 2.45. The first-order chi connectivity index (χ1) is 9.46. The zero-order chi connectivity index (χ0) is 14.6. The van der Waals surface area contributed by atoms with Crippen LogP contribution in [0.1, 0.15) is 37.7 Å². The monoisotopic (exact) mass is 297 g/mol. The first-order valence-corrected chi connectivity index (χ1v) is 8.59. The molecule has 0 amide bonds. The van der Waals surface area contributed by atoms with Gasteiger partial charge in [-0.05, 0) is 30.5 Å². The Morgan fingerprint density at radius 3 is 2.35 bits per heavy atom. The van der Waals surface area contributed by atoms with Gasteiger partial charge in [0.1, 0.15) is 0 Å². The van der Waals surface area contributed by atoms with Crippen molar-refractivity contribution in [1.82, 2.24) is 4.72 Å². The molecular formula is C14H23N3O2S. The van der Waals surface area contributed by atoms with Gasteiger partial charge in [-0.1, -0.05) is 31.4 Å². The molecule has 1 fully saturated rings. The molecule has 0 saturated heterocycles. The lowest BCUT2D eigenvalue weighted by atomic mass is 9.94. The summed E-state index contributed by atoms with van der Waals surface area (Å²) in [7, 11) is -1.49. The van der Waals surface area contributed by atoms with Crippen LogP contribution < -0.4 is 14.8 Å². The molecule has 1 saturated carbocycles. The van der Waals surface area contributed by atoms with Crippen molar-refractivity contribution in [3.63, 3.8) is 0 Å². The summed E-state index contributed by atoms with van der Waals surface area (Å²) in [6.07, 6.45) is 6.48. The van der Waals surface area contributed by atoms with Gasteiger partial charge in [-0.25, -0.2) is 5.14 Å². The van der Waals surface area contributed by atoms with Crippen LogP contribution >= 0.6 is 0 Å². The third kappa shape index (κ3) is 4.47. The Hall–Kier alpha value is -1.11. The Kier molecular flexibility index (Phi) is 5.01. The van der Waals surface area contributed by atoms with Gasteiger partial charge in [0.25, 0.3) is 10.2 Å². The summed E-state index contributed by atoms with van der Waals surface area (Å²) in [5, 5.41) is 4.91. The summed E-state index contributed by atoms with van der Waals surface area (Å²) in [6, 6.07) is 8.57. The summed E-state index contributed by atoms with van der Waals surface area (Å²) < 4.78 is 24.0. The maximum absolute atomic E-state index is 10.8. The minimum Gasteiger partial charge on any atom is -0.372 e. The second-order valence-electron chi connectivity index (χ2n) is 5.44. The van der Waals surface area contributed by atoms with E-state index in [1.54, 1.807) is 0 Å². The summed E-state index contributed by atoms with van der Waals surface area (Å²) >= 11 is 0. The van der Waals surface area contributed by atoms with Crippen LogP contribution in [0, 0.1) is 0 Å². The van der Waals surface area contributed by atoms with E-state index in [0.717, 1.165) is 5.56 Å². The van der Waals surface area contributed by atoms with E-state index in [1.807, 2.05) is 24.3 Å². The molecule has 1 aromatic carbocycles. The minimum absolute atomic E-state index is 0.228. The van der Waals surface area contributed by atoms with Gasteiger partial charge in [0.05, 0.1) is 0 Å². The van der Waals surface area contributed by atoms with Gasteiger partial charge < -0.3 is 4.90 Å². The molecule has 0 heterocycles. The van der Waals surface area contributed by atoms with Crippen molar-refractivity contribution < 1.29 is 8.42 Å². The van der Waals surface area contributed by atoms with Crippen molar-refractivity contribution in [1.29, 1.82) is 0 Å². The van der Waals surface area contributed by atoms with E-state index in [-0.39, 0.29) is 6.54 Å². The maximum atomic E-state index is 10.8. The predicted molar refractivity (Wildman–Crippen MR) is 81.7 cm³/mol. The fraction of sp³-hybridized carbons (Fsp3) is 0.571. The molecule has 0 aromatic heterocycles. The molecule has 3 N–H and O–H groups in total. The molecule has 0 bridgehead atoms. The zero-order valence-electron chi connectivity index (χ0n) is 11.9. The molecule has 1 aromatic rings. The zero-order valence-corrected chi connectivity index (χ0v) is 12.7. The normalized spacial score (nSPS) is 17.1. The van der Waals surface area contributed by atoms with Gasteiger partial charge in [0.15, 0.2) is 0 Å². The van der Waals surface area contributed by atoms with E-state index in [9.17, 15) is 8.42 Å². The van der Waals surface area contributed by atoms with E-state index in [2.05, 4.69) is 16.7 Å². The van der Waals surface area contributed by atoms with Crippen LogP contribution in [0.25, 0.3) is 0 Å². The van der Waals surface area contributed by atoms with Crippen LogP contribution in [0.15, 0.2) is 24.3 Å². The number of hydrogen-bond donors (Lipinski definition) is 2. The molecule has 112 valence electrons. The smallest absolute Gasteiger partial charge is 0.274 e. The molecule has 1 aliphatic carbocycles. The van der Waals surface area contributed by atoms with E-state index < -0.39 is 10.2 Å². The van der Waals surface area contributed by atoms with Gasteiger partial charge in [0.2, 0.25) is 0 Å². The summed E-state index contributed by atoms with van der Waals surface area (Å²) in [5.41, 5.74) is 2.08. The van der Waals surface area contributed by atoms with Crippen LogP contribution in [0.2, 0.25) is 0 Å². The van der Waals surface area contributed by atoms with Crippen LogP contribution in [0.3, 0.4) is 0 Å². The quantitative estimate of drug-likeness (QED) is 0.869. The standard InChI is InChI=1S/C14H23N3O2S/c1-17(13-5-3-2-4-6-13)14-9-7-12(8-10-14)11-16-20(15,18)19/h7-10,13,16H,2-6,11H2,1H3,(H2,15,18,19). The van der Waals surface area contributed by atoms with E-state index in [0.29, 0.717) is 6.04 Å². The van der Waals surface area contributed by atoms with Crippen LogP contribution in [0.4, 0.5) is 5.69 Å². The van der Waals surface area contributed by atoms with Crippen LogP contribution in [-0.4, -0.2) is 21.5 Å². The lowest BCUT2D eigenvalue weighted by Gasteiger charge is -2.33. The highest BCUT2D eigenvalue weighted by Crippen LogP contribution is 2.26. The highest BCUT2D eigenvalue weighted by Gasteiger charge is 2.18. The average molecular weight is 297 g/mol. The third-order valence-corrected chi connectivity index (χ3v) is 4.49. The van der Waals surface area contributed by atoms with Gasteiger partial charge in [-0.3, -0.25) is 0 Å². The van der Waals surface area contributed by atoms with Gasteiger partial charge in [0, 0.05) is 25.3 Å². The number of hydrogen-bond acceptors (Lipinski definition) is 3. The summed E-state index contributed by atoms with van der Waals surface area (Å²) in [4.78, 5) is 2.33.